The van der Waals surface area contributed by atoms with E-state index in [1.54, 1.807) is 17.5 Å². The van der Waals surface area contributed by atoms with Crippen LogP contribution in [0.25, 0.3) is 10.6 Å². The zero-order valence-electron chi connectivity index (χ0n) is 6.71. The summed E-state index contributed by atoms with van der Waals surface area (Å²) < 4.78 is 40.5. The lowest BCUT2D eigenvalue weighted by Crippen LogP contribution is -2.01. The van der Waals surface area contributed by atoms with Crippen molar-refractivity contribution in [2.75, 3.05) is 0 Å². The van der Waals surface area contributed by atoms with Crippen molar-refractivity contribution in [3.63, 3.8) is 0 Å². The molecule has 2 rings (SSSR count). The van der Waals surface area contributed by atoms with Crippen LogP contribution in [0.15, 0.2) is 28.1 Å². The van der Waals surface area contributed by atoms with Crippen LogP contribution in [0.1, 0.15) is 5.76 Å². The molecule has 0 bridgehead atoms. The monoisotopic (exact) mass is 219 g/mol. The number of aromatic nitrogens is 1. The highest BCUT2D eigenvalue weighted by Crippen LogP contribution is 2.33. The molecule has 0 N–H and O–H groups in total. The molecule has 0 saturated heterocycles. The van der Waals surface area contributed by atoms with Gasteiger partial charge in [-0.25, -0.2) is 0 Å². The number of alkyl halides is 3. The molecule has 0 amide bonds. The fourth-order valence-corrected chi connectivity index (χ4v) is 1.63. The van der Waals surface area contributed by atoms with Gasteiger partial charge in [0.1, 0.15) is 5.69 Å². The summed E-state index contributed by atoms with van der Waals surface area (Å²) in [5.74, 6) is -1.07. The second kappa shape index (κ2) is 3.13. The Morgan fingerprint density at radius 3 is 2.64 bits per heavy atom. The van der Waals surface area contributed by atoms with Crippen LogP contribution in [-0.2, 0) is 6.18 Å². The van der Waals surface area contributed by atoms with Crippen LogP contribution in [0.2, 0.25) is 0 Å². The Morgan fingerprint density at radius 1 is 1.36 bits per heavy atom. The maximum Gasteiger partial charge on any atom is 0.452 e. The molecule has 0 aromatic carbocycles. The van der Waals surface area contributed by atoms with Crippen LogP contribution >= 0.6 is 11.3 Å². The van der Waals surface area contributed by atoms with Gasteiger partial charge < -0.3 is 4.52 Å². The molecule has 14 heavy (non-hydrogen) atoms. The van der Waals surface area contributed by atoms with E-state index in [4.69, 9.17) is 0 Å². The average Bonchev–Trinajstić information content (AvgIpc) is 2.73. The van der Waals surface area contributed by atoms with Gasteiger partial charge in [-0.1, -0.05) is 11.2 Å². The molecule has 0 saturated carbocycles. The molecule has 0 atom stereocenters. The predicted octanol–water partition coefficient (Wildman–Crippen LogP) is 3.42. The first kappa shape index (κ1) is 9.26. The van der Waals surface area contributed by atoms with Gasteiger partial charge in [0, 0.05) is 6.07 Å². The Morgan fingerprint density at radius 2 is 2.14 bits per heavy atom. The lowest BCUT2D eigenvalue weighted by molar-refractivity contribution is -0.155. The summed E-state index contributed by atoms with van der Waals surface area (Å²) in [6.45, 7) is 0. The van der Waals surface area contributed by atoms with E-state index in [0.29, 0.717) is 4.88 Å². The number of thiophene rings is 1. The zero-order valence-corrected chi connectivity index (χ0v) is 7.52. The fraction of sp³-hybridized carbons (Fsp3) is 0.125. The summed E-state index contributed by atoms with van der Waals surface area (Å²) in [5.41, 5.74) is 0.215. The Labute approximate surface area is 81.0 Å². The van der Waals surface area contributed by atoms with Gasteiger partial charge in [0.05, 0.1) is 4.88 Å². The largest absolute Gasteiger partial charge is 0.452 e. The van der Waals surface area contributed by atoms with Gasteiger partial charge in [-0.3, -0.25) is 0 Å². The second-order valence-electron chi connectivity index (χ2n) is 2.55. The van der Waals surface area contributed by atoms with E-state index in [1.807, 2.05) is 0 Å². The van der Waals surface area contributed by atoms with Crippen molar-refractivity contribution in [2.24, 2.45) is 0 Å². The molecule has 0 radical (unpaired) electrons. The third-order valence-electron chi connectivity index (χ3n) is 1.56. The molecule has 0 fully saturated rings. The minimum absolute atomic E-state index is 0.215. The van der Waals surface area contributed by atoms with Gasteiger partial charge in [-0.05, 0) is 11.4 Å². The topological polar surface area (TPSA) is 26.0 Å². The van der Waals surface area contributed by atoms with Crippen LogP contribution in [0, 0.1) is 0 Å². The first-order valence-electron chi connectivity index (χ1n) is 3.65. The molecule has 0 aliphatic carbocycles. The van der Waals surface area contributed by atoms with Crippen molar-refractivity contribution in [1.82, 2.24) is 5.16 Å². The van der Waals surface area contributed by atoms with E-state index in [2.05, 4.69) is 9.68 Å². The SMILES string of the molecule is FC(F)(F)c1cc(-c2cccs2)no1. The number of hydrogen-bond donors (Lipinski definition) is 0. The molecule has 0 aliphatic heterocycles. The summed E-state index contributed by atoms with van der Waals surface area (Å²) in [4.78, 5) is 0.657. The highest BCUT2D eigenvalue weighted by molar-refractivity contribution is 7.13. The van der Waals surface area contributed by atoms with Crippen molar-refractivity contribution in [3.05, 3.63) is 29.3 Å². The van der Waals surface area contributed by atoms with Crippen LogP contribution in [0.3, 0.4) is 0 Å². The summed E-state index contributed by atoms with van der Waals surface area (Å²) in [7, 11) is 0. The molecular formula is C8H4F3NOS. The van der Waals surface area contributed by atoms with Crippen LogP contribution < -0.4 is 0 Å². The van der Waals surface area contributed by atoms with Gasteiger partial charge >= 0.3 is 6.18 Å². The van der Waals surface area contributed by atoms with E-state index in [-0.39, 0.29) is 5.69 Å². The van der Waals surface area contributed by atoms with E-state index < -0.39 is 11.9 Å². The molecule has 2 aromatic rings. The van der Waals surface area contributed by atoms with Crippen molar-refractivity contribution in [1.29, 1.82) is 0 Å². The minimum atomic E-state index is -4.47. The second-order valence-corrected chi connectivity index (χ2v) is 3.50. The van der Waals surface area contributed by atoms with Crippen molar-refractivity contribution >= 4 is 11.3 Å². The Balaban J connectivity index is 2.36. The number of rotatable bonds is 1. The Kier molecular flexibility index (Phi) is 2.07. The van der Waals surface area contributed by atoms with Crippen LogP contribution in [0.4, 0.5) is 13.2 Å². The maximum absolute atomic E-state index is 12.1. The lowest BCUT2D eigenvalue weighted by atomic mass is 10.3. The molecule has 2 heterocycles. The summed E-state index contributed by atoms with van der Waals surface area (Å²) in [6, 6.07) is 4.32. The summed E-state index contributed by atoms with van der Waals surface area (Å²) >= 11 is 1.31. The van der Waals surface area contributed by atoms with E-state index in [0.717, 1.165) is 6.07 Å². The molecule has 74 valence electrons. The third-order valence-corrected chi connectivity index (χ3v) is 2.46. The first-order valence-corrected chi connectivity index (χ1v) is 4.53. The van der Waals surface area contributed by atoms with Gasteiger partial charge in [0.2, 0.25) is 5.76 Å². The van der Waals surface area contributed by atoms with Crippen LogP contribution in [-0.4, -0.2) is 5.16 Å². The third kappa shape index (κ3) is 1.65. The van der Waals surface area contributed by atoms with Gasteiger partial charge in [0.15, 0.2) is 0 Å². The molecule has 2 aromatic heterocycles. The Hall–Kier alpha value is -1.30. The first-order chi connectivity index (χ1) is 6.57. The average molecular weight is 219 g/mol. The Bertz CT molecular complexity index is 418. The number of nitrogens with zero attached hydrogens (tertiary/aromatic N) is 1. The predicted molar refractivity (Wildman–Crippen MR) is 44.8 cm³/mol. The van der Waals surface area contributed by atoms with Crippen molar-refractivity contribution in [2.45, 2.75) is 6.18 Å². The van der Waals surface area contributed by atoms with Gasteiger partial charge in [-0.15, -0.1) is 11.3 Å². The number of hydrogen-bond acceptors (Lipinski definition) is 3. The normalized spacial score (nSPS) is 11.9. The number of halogens is 3. The van der Waals surface area contributed by atoms with E-state index >= 15 is 0 Å². The maximum atomic E-state index is 12.1. The molecular weight excluding hydrogens is 215 g/mol. The molecule has 0 unspecified atom stereocenters. The highest BCUT2D eigenvalue weighted by atomic mass is 32.1. The van der Waals surface area contributed by atoms with E-state index in [9.17, 15) is 13.2 Å². The molecule has 0 spiro atoms. The quantitative estimate of drug-likeness (QED) is 0.734. The minimum Gasteiger partial charge on any atom is -0.351 e. The van der Waals surface area contributed by atoms with Gasteiger partial charge in [0.25, 0.3) is 0 Å². The van der Waals surface area contributed by atoms with Gasteiger partial charge in [-0.2, -0.15) is 13.2 Å². The smallest absolute Gasteiger partial charge is 0.351 e. The summed E-state index contributed by atoms with van der Waals surface area (Å²) in [6.07, 6.45) is -4.47. The van der Waals surface area contributed by atoms with E-state index in [1.165, 1.54) is 11.3 Å². The standard InChI is InChI=1S/C8H4F3NOS/c9-8(10,11)7-4-5(12-13-7)6-2-1-3-14-6/h1-4H. The highest BCUT2D eigenvalue weighted by Gasteiger charge is 2.36. The van der Waals surface area contributed by atoms with Crippen molar-refractivity contribution < 1.29 is 17.7 Å². The fourth-order valence-electron chi connectivity index (χ4n) is 0.949. The summed E-state index contributed by atoms with van der Waals surface area (Å²) in [5, 5.41) is 5.10. The molecule has 6 heteroatoms. The molecule has 2 nitrogen and oxygen atoms in total. The molecule has 0 aliphatic rings. The van der Waals surface area contributed by atoms with Crippen molar-refractivity contribution in [3.8, 4) is 10.6 Å². The zero-order chi connectivity index (χ0) is 10.2. The van der Waals surface area contributed by atoms with Crippen LogP contribution in [0.5, 0.6) is 0 Å². The lowest BCUT2D eigenvalue weighted by Gasteiger charge is -1.97.